The first-order valence-corrected chi connectivity index (χ1v) is 4.47. The summed E-state index contributed by atoms with van der Waals surface area (Å²) in [5.74, 6) is -0.0559. The Bertz CT molecular complexity index is 315. The second-order valence-corrected chi connectivity index (χ2v) is 3.20. The maximum Gasteiger partial charge on any atom is 0.267 e. The van der Waals surface area contributed by atoms with Crippen molar-refractivity contribution in [1.82, 2.24) is 4.98 Å². The summed E-state index contributed by atoms with van der Waals surface area (Å²) in [6, 6.07) is 0. The molecular weight excluding hydrogens is 219 g/mol. The molecule has 0 radical (unpaired) electrons. The van der Waals surface area contributed by atoms with Crippen LogP contribution in [0.1, 0.15) is 23.2 Å². The van der Waals surface area contributed by atoms with Gasteiger partial charge in [0, 0.05) is 6.20 Å². The van der Waals surface area contributed by atoms with Gasteiger partial charge in [-0.25, -0.2) is 8.78 Å². The Hall–Kier alpha value is -0.410. The van der Waals surface area contributed by atoms with Gasteiger partial charge in [0.25, 0.3) is 6.43 Å². The molecule has 13 heavy (non-hydrogen) atoms. The van der Waals surface area contributed by atoms with Crippen LogP contribution in [-0.4, -0.2) is 4.98 Å². The van der Waals surface area contributed by atoms with E-state index in [0.717, 1.165) is 0 Å². The Labute approximate surface area is 84.7 Å². The SMILES string of the molecule is Cc1cnc(CCl)c(C(F)F)c1Cl. The summed E-state index contributed by atoms with van der Waals surface area (Å²) >= 11 is 11.1. The molecule has 1 aromatic rings. The predicted octanol–water partition coefficient (Wildman–Crippen LogP) is 3.72. The molecule has 1 heterocycles. The second-order valence-electron chi connectivity index (χ2n) is 2.55. The van der Waals surface area contributed by atoms with Crippen LogP contribution in [-0.2, 0) is 5.88 Å². The lowest BCUT2D eigenvalue weighted by atomic mass is 10.1. The molecule has 1 nitrogen and oxygen atoms in total. The number of alkyl halides is 3. The van der Waals surface area contributed by atoms with Crippen LogP contribution >= 0.6 is 23.2 Å². The van der Waals surface area contributed by atoms with Crippen LogP contribution in [0.3, 0.4) is 0 Å². The molecule has 0 aliphatic carbocycles. The molecule has 0 fully saturated rings. The Kier molecular flexibility index (Phi) is 3.45. The quantitative estimate of drug-likeness (QED) is 0.700. The zero-order valence-electron chi connectivity index (χ0n) is 6.82. The van der Waals surface area contributed by atoms with E-state index in [1.54, 1.807) is 6.92 Å². The molecule has 0 bridgehead atoms. The highest BCUT2D eigenvalue weighted by Crippen LogP contribution is 2.31. The van der Waals surface area contributed by atoms with Crippen LogP contribution in [0.4, 0.5) is 8.78 Å². The van der Waals surface area contributed by atoms with Gasteiger partial charge in [-0.15, -0.1) is 11.6 Å². The minimum atomic E-state index is -2.63. The maximum absolute atomic E-state index is 12.5. The maximum atomic E-state index is 12.5. The van der Waals surface area contributed by atoms with Crippen LogP contribution in [0, 0.1) is 6.92 Å². The average Bonchev–Trinajstić information content (AvgIpc) is 2.08. The number of halogens is 4. The summed E-state index contributed by atoms with van der Waals surface area (Å²) < 4.78 is 24.9. The van der Waals surface area contributed by atoms with Gasteiger partial charge in [-0.05, 0) is 12.5 Å². The number of nitrogens with zero attached hydrogens (tertiary/aromatic N) is 1. The van der Waals surface area contributed by atoms with Crippen molar-refractivity contribution in [3.8, 4) is 0 Å². The van der Waals surface area contributed by atoms with Crippen LogP contribution < -0.4 is 0 Å². The molecule has 5 heteroatoms. The minimum absolute atomic E-state index is 0.0559. The van der Waals surface area contributed by atoms with Crippen molar-refractivity contribution < 1.29 is 8.78 Å². The van der Waals surface area contributed by atoms with Gasteiger partial charge in [0.15, 0.2) is 0 Å². The van der Waals surface area contributed by atoms with Gasteiger partial charge in [-0.1, -0.05) is 11.6 Å². The zero-order valence-corrected chi connectivity index (χ0v) is 8.33. The first-order valence-electron chi connectivity index (χ1n) is 3.56. The fourth-order valence-corrected chi connectivity index (χ4v) is 1.42. The van der Waals surface area contributed by atoms with E-state index in [1.807, 2.05) is 0 Å². The summed E-state index contributed by atoms with van der Waals surface area (Å²) in [5, 5.41) is 0.0562. The van der Waals surface area contributed by atoms with Crippen molar-refractivity contribution in [2.45, 2.75) is 19.2 Å². The van der Waals surface area contributed by atoms with Gasteiger partial charge < -0.3 is 0 Å². The zero-order chi connectivity index (χ0) is 10.0. The fourth-order valence-electron chi connectivity index (χ4n) is 0.968. The van der Waals surface area contributed by atoms with Crippen molar-refractivity contribution in [2.75, 3.05) is 0 Å². The van der Waals surface area contributed by atoms with Gasteiger partial charge >= 0.3 is 0 Å². The first-order chi connectivity index (χ1) is 6.07. The van der Waals surface area contributed by atoms with E-state index in [1.165, 1.54) is 6.20 Å². The minimum Gasteiger partial charge on any atom is -0.259 e. The standard InChI is InChI=1S/C8H7Cl2F2N/c1-4-3-13-5(2-9)6(7(4)10)8(11)12/h3,8H,2H2,1H3. The Morgan fingerprint density at radius 2 is 2.15 bits per heavy atom. The molecule has 0 saturated heterocycles. The summed E-state index contributed by atoms with van der Waals surface area (Å²) in [6.07, 6.45) is -1.19. The van der Waals surface area contributed by atoms with Crippen molar-refractivity contribution in [3.63, 3.8) is 0 Å². The normalized spacial score (nSPS) is 10.9. The molecule has 1 rings (SSSR count). The van der Waals surface area contributed by atoms with E-state index >= 15 is 0 Å². The van der Waals surface area contributed by atoms with Crippen LogP contribution in [0.15, 0.2) is 6.20 Å². The average molecular weight is 226 g/mol. The van der Waals surface area contributed by atoms with Gasteiger partial charge in [0.1, 0.15) is 0 Å². The van der Waals surface area contributed by atoms with E-state index in [-0.39, 0.29) is 22.2 Å². The lowest BCUT2D eigenvalue weighted by Crippen LogP contribution is -1.99. The third-order valence-electron chi connectivity index (χ3n) is 1.65. The van der Waals surface area contributed by atoms with Crippen molar-refractivity contribution in [3.05, 3.63) is 28.0 Å². The highest BCUT2D eigenvalue weighted by molar-refractivity contribution is 6.32. The molecule has 72 valence electrons. The molecule has 0 aromatic carbocycles. The van der Waals surface area contributed by atoms with E-state index < -0.39 is 6.43 Å². The molecule has 0 aliphatic rings. The van der Waals surface area contributed by atoms with Crippen LogP contribution in [0.5, 0.6) is 0 Å². The van der Waals surface area contributed by atoms with Gasteiger partial charge in [0.2, 0.25) is 0 Å². The molecule has 0 atom stereocenters. The number of aryl methyl sites for hydroxylation is 1. The number of rotatable bonds is 2. The monoisotopic (exact) mass is 225 g/mol. The summed E-state index contributed by atoms with van der Waals surface area (Å²) in [6.45, 7) is 1.62. The number of hydrogen-bond donors (Lipinski definition) is 0. The predicted molar refractivity (Wildman–Crippen MR) is 48.5 cm³/mol. The molecule has 0 spiro atoms. The Balaban J connectivity index is 3.32. The van der Waals surface area contributed by atoms with Gasteiger partial charge in [-0.3, -0.25) is 4.98 Å². The molecule has 0 unspecified atom stereocenters. The molecule has 1 aromatic heterocycles. The van der Waals surface area contributed by atoms with Crippen molar-refractivity contribution in [1.29, 1.82) is 0 Å². The highest BCUT2D eigenvalue weighted by atomic mass is 35.5. The summed E-state index contributed by atoms with van der Waals surface area (Å²) in [5.41, 5.74) is 0.426. The van der Waals surface area contributed by atoms with E-state index in [2.05, 4.69) is 4.98 Å². The summed E-state index contributed by atoms with van der Waals surface area (Å²) in [4.78, 5) is 3.78. The molecular formula is C8H7Cl2F2N. The summed E-state index contributed by atoms with van der Waals surface area (Å²) in [7, 11) is 0. The Morgan fingerprint density at radius 1 is 1.54 bits per heavy atom. The first kappa shape index (κ1) is 10.7. The highest BCUT2D eigenvalue weighted by Gasteiger charge is 2.18. The molecule has 0 saturated carbocycles. The third-order valence-corrected chi connectivity index (χ3v) is 2.41. The van der Waals surface area contributed by atoms with E-state index in [9.17, 15) is 8.78 Å². The molecule has 0 N–H and O–H groups in total. The third kappa shape index (κ3) is 2.09. The lowest BCUT2D eigenvalue weighted by molar-refractivity contribution is 0.150. The topological polar surface area (TPSA) is 12.9 Å². The molecule has 0 aliphatic heterocycles. The number of hydrogen-bond acceptors (Lipinski definition) is 1. The number of pyridine rings is 1. The largest absolute Gasteiger partial charge is 0.267 e. The van der Waals surface area contributed by atoms with Crippen molar-refractivity contribution in [2.24, 2.45) is 0 Å². The van der Waals surface area contributed by atoms with Crippen LogP contribution in [0.25, 0.3) is 0 Å². The number of aromatic nitrogens is 1. The van der Waals surface area contributed by atoms with Gasteiger partial charge in [-0.2, -0.15) is 0 Å². The van der Waals surface area contributed by atoms with E-state index in [0.29, 0.717) is 5.56 Å². The fraction of sp³-hybridized carbons (Fsp3) is 0.375. The van der Waals surface area contributed by atoms with E-state index in [4.69, 9.17) is 23.2 Å². The van der Waals surface area contributed by atoms with Gasteiger partial charge in [0.05, 0.1) is 22.2 Å². The smallest absolute Gasteiger partial charge is 0.259 e. The Morgan fingerprint density at radius 3 is 2.62 bits per heavy atom. The lowest BCUT2D eigenvalue weighted by Gasteiger charge is -2.09. The second kappa shape index (κ2) is 4.20. The van der Waals surface area contributed by atoms with Crippen LogP contribution in [0.2, 0.25) is 5.02 Å². The van der Waals surface area contributed by atoms with Crippen molar-refractivity contribution >= 4 is 23.2 Å². The molecule has 0 amide bonds.